The minimum absolute atomic E-state index is 0.0221. The lowest BCUT2D eigenvalue weighted by molar-refractivity contribution is 0.0348. The van der Waals surface area contributed by atoms with Crippen LogP contribution >= 0.6 is 0 Å². The Balaban J connectivity index is 2.43. The second-order valence-electron chi connectivity index (χ2n) is 4.04. The van der Waals surface area contributed by atoms with Crippen LogP contribution in [0.25, 0.3) is 0 Å². The van der Waals surface area contributed by atoms with Crippen LogP contribution in [0, 0.1) is 17.5 Å². The molecular formula is C11H12F3NO. The Bertz CT molecular complexity index is 402. The van der Waals surface area contributed by atoms with Gasteiger partial charge in [-0.1, -0.05) is 6.07 Å². The minimum atomic E-state index is -1.48. The molecule has 2 nitrogen and oxygen atoms in total. The van der Waals surface area contributed by atoms with Crippen molar-refractivity contribution in [1.29, 1.82) is 0 Å². The third-order valence-corrected chi connectivity index (χ3v) is 2.84. The maximum absolute atomic E-state index is 13.5. The predicted octanol–water partition coefficient (Wildman–Crippen LogP) is 2.07. The summed E-state index contributed by atoms with van der Waals surface area (Å²) in [5.74, 6) is -3.90. The van der Waals surface area contributed by atoms with Crippen molar-refractivity contribution in [2.24, 2.45) is 5.73 Å². The van der Waals surface area contributed by atoms with Gasteiger partial charge in [-0.05, 0) is 18.9 Å². The molecule has 1 aliphatic heterocycles. The number of nitrogens with two attached hydrogens (primary N) is 1. The van der Waals surface area contributed by atoms with Crippen LogP contribution in [0.3, 0.4) is 0 Å². The third-order valence-electron chi connectivity index (χ3n) is 2.84. The molecule has 1 saturated heterocycles. The Labute approximate surface area is 91.2 Å². The normalized spacial score (nSPS) is 25.8. The summed E-state index contributed by atoms with van der Waals surface area (Å²) in [6.45, 7) is 0.680. The first-order valence-electron chi connectivity index (χ1n) is 5.05. The van der Waals surface area contributed by atoms with E-state index in [0.717, 1.165) is 6.07 Å². The van der Waals surface area contributed by atoms with E-state index in [1.165, 1.54) is 6.07 Å². The molecular weight excluding hydrogens is 219 g/mol. The lowest BCUT2D eigenvalue weighted by Crippen LogP contribution is -2.45. The SMILES string of the molecule is NC1(c2ccc(F)c(F)c2F)CCCOC1. The second kappa shape index (κ2) is 4.07. The molecule has 1 unspecified atom stereocenters. The van der Waals surface area contributed by atoms with Gasteiger partial charge in [-0.2, -0.15) is 0 Å². The van der Waals surface area contributed by atoms with E-state index in [1.807, 2.05) is 0 Å². The lowest BCUT2D eigenvalue weighted by atomic mass is 9.85. The number of halogens is 3. The smallest absolute Gasteiger partial charge is 0.194 e. The van der Waals surface area contributed by atoms with Gasteiger partial charge in [0.05, 0.1) is 12.1 Å². The number of benzene rings is 1. The van der Waals surface area contributed by atoms with Gasteiger partial charge >= 0.3 is 0 Å². The van der Waals surface area contributed by atoms with Crippen molar-refractivity contribution in [3.05, 3.63) is 35.1 Å². The Morgan fingerprint density at radius 3 is 2.56 bits per heavy atom. The van der Waals surface area contributed by atoms with E-state index in [9.17, 15) is 13.2 Å². The maximum Gasteiger partial charge on any atom is 0.194 e. The quantitative estimate of drug-likeness (QED) is 0.751. The van der Waals surface area contributed by atoms with Gasteiger partial charge < -0.3 is 10.5 Å². The van der Waals surface area contributed by atoms with Crippen LogP contribution in [0.5, 0.6) is 0 Å². The third kappa shape index (κ3) is 1.81. The zero-order chi connectivity index (χ0) is 11.8. The van der Waals surface area contributed by atoms with Crippen molar-refractivity contribution in [2.75, 3.05) is 13.2 Å². The van der Waals surface area contributed by atoms with E-state index >= 15 is 0 Å². The summed E-state index contributed by atoms with van der Waals surface area (Å²) in [7, 11) is 0. The molecule has 0 radical (unpaired) electrons. The first-order valence-corrected chi connectivity index (χ1v) is 5.05. The van der Waals surface area contributed by atoms with Crippen LogP contribution in [-0.4, -0.2) is 13.2 Å². The monoisotopic (exact) mass is 231 g/mol. The van der Waals surface area contributed by atoms with E-state index < -0.39 is 23.0 Å². The zero-order valence-electron chi connectivity index (χ0n) is 8.60. The fourth-order valence-electron chi connectivity index (χ4n) is 1.94. The standard InChI is InChI=1S/C11H12F3NO/c12-8-3-2-7(9(13)10(8)14)11(15)4-1-5-16-6-11/h2-3H,1,4-6,15H2. The van der Waals surface area contributed by atoms with E-state index in [-0.39, 0.29) is 12.2 Å². The van der Waals surface area contributed by atoms with Crippen LogP contribution in [0.1, 0.15) is 18.4 Å². The molecule has 0 saturated carbocycles. The van der Waals surface area contributed by atoms with Gasteiger partial charge in [-0.3, -0.25) is 0 Å². The highest BCUT2D eigenvalue weighted by Gasteiger charge is 2.34. The zero-order valence-corrected chi connectivity index (χ0v) is 8.60. The summed E-state index contributed by atoms with van der Waals surface area (Å²) in [5, 5.41) is 0. The van der Waals surface area contributed by atoms with E-state index in [2.05, 4.69) is 0 Å². The summed E-state index contributed by atoms with van der Waals surface area (Å²) in [6, 6.07) is 2.07. The van der Waals surface area contributed by atoms with Gasteiger partial charge in [0.2, 0.25) is 0 Å². The molecule has 0 bridgehead atoms. The van der Waals surface area contributed by atoms with Crippen LogP contribution in [0.15, 0.2) is 12.1 Å². The van der Waals surface area contributed by atoms with Gasteiger partial charge in [0.1, 0.15) is 0 Å². The molecule has 2 rings (SSSR count). The van der Waals surface area contributed by atoms with Crippen LogP contribution in [-0.2, 0) is 10.3 Å². The van der Waals surface area contributed by atoms with E-state index in [0.29, 0.717) is 19.4 Å². The molecule has 5 heteroatoms. The molecule has 1 fully saturated rings. The fraction of sp³-hybridized carbons (Fsp3) is 0.455. The molecule has 1 atom stereocenters. The van der Waals surface area contributed by atoms with E-state index in [1.54, 1.807) is 0 Å². The van der Waals surface area contributed by atoms with Crippen LogP contribution in [0.4, 0.5) is 13.2 Å². The summed E-state index contributed by atoms with van der Waals surface area (Å²) in [5.41, 5.74) is 4.87. The molecule has 0 amide bonds. The maximum atomic E-state index is 13.5. The Kier molecular flexibility index (Phi) is 2.90. The molecule has 0 aliphatic carbocycles. The Morgan fingerprint density at radius 2 is 1.94 bits per heavy atom. The summed E-state index contributed by atoms with van der Waals surface area (Å²) in [4.78, 5) is 0. The van der Waals surface area contributed by atoms with Gasteiger partial charge in [0.25, 0.3) is 0 Å². The Morgan fingerprint density at radius 1 is 1.19 bits per heavy atom. The van der Waals surface area contributed by atoms with Crippen molar-refractivity contribution in [1.82, 2.24) is 0 Å². The average Bonchev–Trinajstić information content (AvgIpc) is 2.27. The summed E-state index contributed by atoms with van der Waals surface area (Å²) >= 11 is 0. The minimum Gasteiger partial charge on any atom is -0.379 e. The molecule has 2 N–H and O–H groups in total. The summed E-state index contributed by atoms with van der Waals surface area (Å²) < 4.78 is 44.5. The predicted molar refractivity (Wildman–Crippen MR) is 52.2 cm³/mol. The lowest BCUT2D eigenvalue weighted by Gasteiger charge is -2.33. The number of rotatable bonds is 1. The highest BCUT2D eigenvalue weighted by Crippen LogP contribution is 2.31. The molecule has 1 heterocycles. The first-order chi connectivity index (χ1) is 7.54. The van der Waals surface area contributed by atoms with Crippen molar-refractivity contribution in [3.63, 3.8) is 0 Å². The number of hydrogen-bond acceptors (Lipinski definition) is 2. The largest absolute Gasteiger partial charge is 0.379 e. The van der Waals surface area contributed by atoms with Crippen molar-refractivity contribution >= 4 is 0 Å². The van der Waals surface area contributed by atoms with Crippen molar-refractivity contribution in [3.8, 4) is 0 Å². The van der Waals surface area contributed by atoms with Gasteiger partial charge in [0, 0.05) is 12.2 Å². The van der Waals surface area contributed by atoms with Gasteiger partial charge in [-0.25, -0.2) is 13.2 Å². The van der Waals surface area contributed by atoms with Crippen LogP contribution in [0.2, 0.25) is 0 Å². The molecule has 1 aliphatic rings. The first kappa shape index (κ1) is 11.4. The topological polar surface area (TPSA) is 35.2 Å². The molecule has 1 aromatic rings. The van der Waals surface area contributed by atoms with Gasteiger partial charge in [-0.15, -0.1) is 0 Å². The number of ether oxygens (including phenoxy) is 1. The van der Waals surface area contributed by atoms with Crippen molar-refractivity contribution < 1.29 is 17.9 Å². The molecule has 0 spiro atoms. The van der Waals surface area contributed by atoms with Crippen LogP contribution < -0.4 is 5.73 Å². The van der Waals surface area contributed by atoms with Gasteiger partial charge in [0.15, 0.2) is 17.5 Å². The molecule has 88 valence electrons. The van der Waals surface area contributed by atoms with Crippen molar-refractivity contribution in [2.45, 2.75) is 18.4 Å². The second-order valence-corrected chi connectivity index (χ2v) is 4.04. The van der Waals surface area contributed by atoms with E-state index in [4.69, 9.17) is 10.5 Å². The highest BCUT2D eigenvalue weighted by atomic mass is 19.2. The molecule has 16 heavy (non-hydrogen) atoms. The summed E-state index contributed by atoms with van der Waals surface area (Å²) in [6.07, 6.45) is 1.17. The number of hydrogen-bond donors (Lipinski definition) is 1. The Hall–Kier alpha value is -1.07. The molecule has 1 aromatic carbocycles. The molecule has 0 aromatic heterocycles. The average molecular weight is 231 g/mol. The fourth-order valence-corrected chi connectivity index (χ4v) is 1.94. The highest BCUT2D eigenvalue weighted by molar-refractivity contribution is 5.28.